The number of fused-ring (bicyclic) bond motifs is 2. The van der Waals surface area contributed by atoms with E-state index in [1.54, 1.807) is 0 Å². The largest absolute Gasteiger partial charge is 0.502 e. The van der Waals surface area contributed by atoms with Gasteiger partial charge in [-0.3, -0.25) is 4.79 Å². The highest BCUT2D eigenvalue weighted by Crippen LogP contribution is 2.65. The molecule has 4 heteroatoms. The molecule has 4 nitrogen and oxygen atoms in total. The van der Waals surface area contributed by atoms with E-state index in [-0.39, 0.29) is 22.7 Å². The number of aliphatic hydroxyl groups is 1. The van der Waals surface area contributed by atoms with E-state index in [1.165, 1.54) is 0 Å². The van der Waals surface area contributed by atoms with Crippen LogP contribution in [-0.4, -0.2) is 22.0 Å². The summed E-state index contributed by atoms with van der Waals surface area (Å²) in [6.07, 6.45) is 1.56. The Labute approximate surface area is 94.0 Å². The van der Waals surface area contributed by atoms with E-state index in [2.05, 4.69) is 0 Å². The van der Waals surface area contributed by atoms with Gasteiger partial charge in [-0.1, -0.05) is 20.8 Å². The van der Waals surface area contributed by atoms with Crippen molar-refractivity contribution in [1.82, 2.24) is 0 Å². The van der Waals surface area contributed by atoms with Gasteiger partial charge in [-0.25, -0.2) is 4.79 Å². The predicted molar refractivity (Wildman–Crippen MR) is 56.9 cm³/mol. The Balaban J connectivity index is 2.61. The second kappa shape index (κ2) is 2.87. The molecule has 0 aliphatic heterocycles. The van der Waals surface area contributed by atoms with Crippen molar-refractivity contribution < 1.29 is 19.8 Å². The summed E-state index contributed by atoms with van der Waals surface area (Å²) in [5.74, 6) is -2.48. The van der Waals surface area contributed by atoms with Crippen LogP contribution in [0.3, 0.4) is 0 Å². The summed E-state index contributed by atoms with van der Waals surface area (Å²) < 4.78 is 0. The summed E-state index contributed by atoms with van der Waals surface area (Å²) in [6, 6.07) is 0. The zero-order valence-corrected chi connectivity index (χ0v) is 9.70. The summed E-state index contributed by atoms with van der Waals surface area (Å²) in [4.78, 5) is 22.9. The highest BCUT2D eigenvalue weighted by atomic mass is 16.4. The summed E-state index contributed by atoms with van der Waals surface area (Å²) in [5.41, 5.74) is -0.648. The maximum absolute atomic E-state index is 12.2. The summed E-state index contributed by atoms with van der Waals surface area (Å²) in [5, 5.41) is 18.3. The van der Waals surface area contributed by atoms with Gasteiger partial charge in [0.2, 0.25) is 5.76 Å². The van der Waals surface area contributed by atoms with Crippen molar-refractivity contribution in [2.24, 2.45) is 16.7 Å². The SMILES string of the molecule is CC1(C)[C@@H]2CC[C@@]1(C)C(=O)/C2=C(/O)C(=O)O. The molecule has 16 heavy (non-hydrogen) atoms. The number of ketones is 1. The van der Waals surface area contributed by atoms with Gasteiger partial charge >= 0.3 is 5.97 Å². The number of hydrogen-bond donors (Lipinski definition) is 2. The first kappa shape index (κ1) is 11.2. The number of aliphatic carboxylic acids is 1. The molecular weight excluding hydrogens is 208 g/mol. The standard InChI is InChI=1S/C12H16O4/c1-11(2)6-4-5-12(11,3)9(14)7(6)8(13)10(15)16/h6,13H,4-5H2,1-3H3,(H,15,16)/b8-7+/t6-,12+/m1/s1. The first-order valence-corrected chi connectivity index (χ1v) is 5.44. The van der Waals surface area contributed by atoms with Crippen LogP contribution in [0.1, 0.15) is 33.6 Å². The molecule has 2 fully saturated rings. The Morgan fingerprint density at radius 1 is 1.31 bits per heavy atom. The number of rotatable bonds is 1. The lowest BCUT2D eigenvalue weighted by Crippen LogP contribution is -2.32. The molecule has 0 saturated heterocycles. The smallest absolute Gasteiger partial charge is 0.371 e. The highest BCUT2D eigenvalue weighted by molar-refractivity contribution is 6.09. The van der Waals surface area contributed by atoms with Crippen molar-refractivity contribution in [2.45, 2.75) is 33.6 Å². The van der Waals surface area contributed by atoms with E-state index >= 15 is 0 Å². The number of carbonyl (C=O) groups is 2. The third kappa shape index (κ3) is 0.996. The van der Waals surface area contributed by atoms with Crippen LogP contribution in [0, 0.1) is 16.7 Å². The van der Waals surface area contributed by atoms with E-state index in [9.17, 15) is 14.7 Å². The van der Waals surface area contributed by atoms with Crippen molar-refractivity contribution in [3.63, 3.8) is 0 Å². The Morgan fingerprint density at radius 2 is 1.88 bits per heavy atom. The van der Waals surface area contributed by atoms with Crippen LogP contribution in [0.25, 0.3) is 0 Å². The fourth-order valence-corrected chi connectivity index (χ4v) is 3.26. The van der Waals surface area contributed by atoms with Crippen LogP contribution in [0.4, 0.5) is 0 Å². The molecule has 2 atom stereocenters. The van der Waals surface area contributed by atoms with E-state index in [4.69, 9.17) is 5.11 Å². The van der Waals surface area contributed by atoms with E-state index in [1.807, 2.05) is 20.8 Å². The van der Waals surface area contributed by atoms with Crippen molar-refractivity contribution in [3.05, 3.63) is 11.3 Å². The maximum atomic E-state index is 12.2. The van der Waals surface area contributed by atoms with Gasteiger partial charge in [0.1, 0.15) is 0 Å². The number of carboxylic acid groups (broad SMARTS) is 1. The molecule has 2 bridgehead atoms. The summed E-state index contributed by atoms with van der Waals surface area (Å²) in [7, 11) is 0. The van der Waals surface area contributed by atoms with Crippen molar-refractivity contribution in [1.29, 1.82) is 0 Å². The summed E-state index contributed by atoms with van der Waals surface area (Å²) >= 11 is 0. The van der Waals surface area contributed by atoms with E-state index in [0.717, 1.165) is 12.8 Å². The third-order valence-corrected chi connectivity index (χ3v) is 4.78. The molecule has 2 N–H and O–H groups in total. The van der Waals surface area contributed by atoms with Crippen molar-refractivity contribution in [2.75, 3.05) is 0 Å². The van der Waals surface area contributed by atoms with Gasteiger partial charge < -0.3 is 10.2 Å². The molecule has 2 saturated carbocycles. The predicted octanol–water partition coefficient (Wildman–Crippen LogP) is 1.91. The van der Waals surface area contributed by atoms with Gasteiger partial charge in [0.15, 0.2) is 5.78 Å². The van der Waals surface area contributed by atoms with Crippen LogP contribution in [0.15, 0.2) is 11.3 Å². The lowest BCUT2D eigenvalue weighted by molar-refractivity contribution is -0.136. The molecule has 0 aromatic carbocycles. The average molecular weight is 224 g/mol. The van der Waals surface area contributed by atoms with Gasteiger partial charge in [-0.2, -0.15) is 0 Å². The molecule has 0 amide bonds. The summed E-state index contributed by atoms with van der Waals surface area (Å²) in [6.45, 7) is 5.83. The van der Waals surface area contributed by atoms with Crippen molar-refractivity contribution in [3.8, 4) is 0 Å². The monoisotopic (exact) mass is 224 g/mol. The Hall–Kier alpha value is -1.32. The molecule has 0 aromatic heterocycles. The zero-order valence-electron chi connectivity index (χ0n) is 9.70. The first-order valence-electron chi connectivity index (χ1n) is 5.44. The number of carbonyl (C=O) groups excluding carboxylic acids is 1. The number of Topliss-reactive ketones (excluding diaryl/α,β-unsaturated/α-hetero) is 1. The van der Waals surface area contributed by atoms with Gasteiger partial charge in [0.05, 0.1) is 0 Å². The number of hydrogen-bond acceptors (Lipinski definition) is 3. The lowest BCUT2D eigenvalue weighted by atomic mass is 9.70. The molecule has 0 spiro atoms. The van der Waals surface area contributed by atoms with Gasteiger partial charge in [-0.05, 0) is 24.2 Å². The third-order valence-electron chi connectivity index (χ3n) is 4.78. The van der Waals surface area contributed by atoms with Crippen LogP contribution in [0.5, 0.6) is 0 Å². The quantitative estimate of drug-likeness (QED) is 0.527. The fourth-order valence-electron chi connectivity index (χ4n) is 3.26. The topological polar surface area (TPSA) is 74.6 Å². The minimum Gasteiger partial charge on any atom is -0.502 e. The van der Waals surface area contributed by atoms with E-state index in [0.29, 0.717) is 0 Å². The molecule has 2 aliphatic rings. The molecule has 2 aliphatic carbocycles. The van der Waals surface area contributed by atoms with Gasteiger partial charge in [-0.15, -0.1) is 0 Å². The number of aliphatic hydroxyl groups excluding tert-OH is 1. The second-order valence-corrected chi connectivity index (χ2v) is 5.54. The van der Waals surface area contributed by atoms with Gasteiger partial charge in [0, 0.05) is 11.0 Å². The van der Waals surface area contributed by atoms with Crippen LogP contribution in [-0.2, 0) is 9.59 Å². The Bertz CT molecular complexity index is 419. The highest BCUT2D eigenvalue weighted by Gasteiger charge is 2.65. The van der Waals surface area contributed by atoms with Crippen LogP contribution < -0.4 is 0 Å². The molecule has 0 heterocycles. The zero-order chi connectivity index (χ0) is 12.3. The maximum Gasteiger partial charge on any atom is 0.371 e. The Kier molecular flexibility index (Phi) is 2.00. The average Bonchev–Trinajstić information content (AvgIpc) is 2.48. The Morgan fingerprint density at radius 3 is 2.25 bits per heavy atom. The molecule has 88 valence electrons. The molecule has 0 radical (unpaired) electrons. The minimum absolute atomic E-state index is 0.124. The first-order chi connectivity index (χ1) is 7.23. The molecule has 0 unspecified atom stereocenters. The fraction of sp³-hybridized carbons (Fsp3) is 0.667. The number of carboxylic acids is 1. The minimum atomic E-state index is -1.41. The molecular formula is C12H16O4. The van der Waals surface area contributed by atoms with Gasteiger partial charge in [0.25, 0.3) is 0 Å². The van der Waals surface area contributed by atoms with Crippen LogP contribution >= 0.6 is 0 Å². The van der Waals surface area contributed by atoms with Crippen LogP contribution in [0.2, 0.25) is 0 Å². The second-order valence-electron chi connectivity index (χ2n) is 5.54. The molecule has 2 rings (SSSR count). The van der Waals surface area contributed by atoms with E-state index < -0.39 is 17.1 Å². The lowest BCUT2D eigenvalue weighted by Gasteiger charge is -2.31. The number of allylic oxidation sites excluding steroid dienone is 1. The molecule has 0 aromatic rings. The van der Waals surface area contributed by atoms with Crippen molar-refractivity contribution >= 4 is 11.8 Å². The normalized spacial score (nSPS) is 38.9.